The number of nitrogens with zero attached hydrogens (tertiary/aromatic N) is 5. The van der Waals surface area contributed by atoms with E-state index < -0.39 is 10.8 Å². The largest absolute Gasteiger partial charge is 0.368 e. The molecule has 19 heavy (non-hydrogen) atoms. The zero-order chi connectivity index (χ0) is 13.2. The Balaban J connectivity index is 1.82. The maximum Gasteiger partial charge on any atom is 0.232 e. The summed E-state index contributed by atoms with van der Waals surface area (Å²) in [4.78, 5) is 17.1. The van der Waals surface area contributed by atoms with E-state index in [0.29, 0.717) is 23.4 Å². The molecule has 8 heteroatoms. The van der Waals surface area contributed by atoms with Crippen molar-refractivity contribution in [3.63, 3.8) is 0 Å². The Kier molecular flexibility index (Phi) is 3.50. The van der Waals surface area contributed by atoms with Crippen LogP contribution in [0.15, 0.2) is 0 Å². The van der Waals surface area contributed by atoms with Gasteiger partial charge in [-0.15, -0.1) is 0 Å². The lowest BCUT2D eigenvalue weighted by molar-refractivity contribution is 0.671. The van der Waals surface area contributed by atoms with E-state index in [1.807, 2.05) is 4.90 Å². The van der Waals surface area contributed by atoms with Gasteiger partial charge >= 0.3 is 0 Å². The molecule has 0 radical (unpaired) electrons. The van der Waals surface area contributed by atoms with Gasteiger partial charge in [0.2, 0.25) is 17.8 Å². The number of hydrogen-bond acceptors (Lipinski definition) is 7. The van der Waals surface area contributed by atoms with Gasteiger partial charge in [-0.05, 0) is 12.8 Å². The third-order valence-corrected chi connectivity index (χ3v) is 4.75. The molecule has 0 aliphatic carbocycles. The third kappa shape index (κ3) is 2.78. The number of nitrogens with two attached hydrogens (primary N) is 1. The summed E-state index contributed by atoms with van der Waals surface area (Å²) >= 11 is 0. The van der Waals surface area contributed by atoms with Crippen LogP contribution in [0.2, 0.25) is 0 Å². The molecule has 0 spiro atoms. The molecule has 0 unspecified atom stereocenters. The Labute approximate surface area is 114 Å². The highest BCUT2D eigenvalue weighted by molar-refractivity contribution is 7.85. The molecule has 3 heterocycles. The molecule has 0 bridgehead atoms. The van der Waals surface area contributed by atoms with Crippen LogP contribution in [0.25, 0.3) is 0 Å². The van der Waals surface area contributed by atoms with E-state index in [2.05, 4.69) is 19.9 Å². The number of aromatic nitrogens is 3. The molecule has 104 valence electrons. The summed E-state index contributed by atoms with van der Waals surface area (Å²) in [5.74, 6) is 2.89. The van der Waals surface area contributed by atoms with Crippen LogP contribution in [0, 0.1) is 0 Å². The molecule has 7 nitrogen and oxygen atoms in total. The van der Waals surface area contributed by atoms with E-state index in [4.69, 9.17) is 5.73 Å². The fraction of sp³-hybridized carbons (Fsp3) is 0.727. The van der Waals surface area contributed by atoms with Crippen molar-refractivity contribution < 1.29 is 4.21 Å². The monoisotopic (exact) mass is 282 g/mol. The van der Waals surface area contributed by atoms with Crippen LogP contribution >= 0.6 is 0 Å². The first kappa shape index (κ1) is 12.6. The number of anilines is 3. The number of rotatable bonds is 2. The maximum absolute atomic E-state index is 11.4. The van der Waals surface area contributed by atoms with Gasteiger partial charge in [-0.2, -0.15) is 15.0 Å². The van der Waals surface area contributed by atoms with Crippen molar-refractivity contribution in [2.45, 2.75) is 12.8 Å². The predicted octanol–water partition coefficient (Wildman–Crippen LogP) is -0.377. The molecule has 3 rings (SSSR count). The van der Waals surface area contributed by atoms with Crippen LogP contribution in [0.5, 0.6) is 0 Å². The van der Waals surface area contributed by atoms with Crippen molar-refractivity contribution >= 4 is 28.6 Å². The second-order valence-electron chi connectivity index (χ2n) is 4.82. The molecule has 2 aliphatic heterocycles. The molecule has 2 N–H and O–H groups in total. The molecule has 2 saturated heterocycles. The quantitative estimate of drug-likeness (QED) is 0.791. The summed E-state index contributed by atoms with van der Waals surface area (Å²) in [5, 5.41) is 0. The molecule has 2 aliphatic rings. The summed E-state index contributed by atoms with van der Waals surface area (Å²) in [7, 11) is -0.702. The molecule has 2 fully saturated rings. The molecule has 1 aromatic rings. The summed E-state index contributed by atoms with van der Waals surface area (Å²) in [6, 6.07) is 0. The Morgan fingerprint density at radius 2 is 1.42 bits per heavy atom. The van der Waals surface area contributed by atoms with Crippen LogP contribution in [0.3, 0.4) is 0 Å². The van der Waals surface area contributed by atoms with Crippen LogP contribution < -0.4 is 15.5 Å². The average molecular weight is 282 g/mol. The van der Waals surface area contributed by atoms with Crippen LogP contribution in [0.1, 0.15) is 12.8 Å². The zero-order valence-electron chi connectivity index (χ0n) is 10.8. The minimum absolute atomic E-state index is 0.263. The van der Waals surface area contributed by atoms with Gasteiger partial charge in [0.15, 0.2) is 0 Å². The van der Waals surface area contributed by atoms with E-state index in [1.165, 1.54) is 12.8 Å². The third-order valence-electron chi connectivity index (χ3n) is 3.48. The van der Waals surface area contributed by atoms with Gasteiger partial charge in [-0.1, -0.05) is 0 Å². The molecule has 0 amide bonds. The summed E-state index contributed by atoms with van der Waals surface area (Å²) < 4.78 is 11.4. The fourth-order valence-electron chi connectivity index (χ4n) is 2.41. The summed E-state index contributed by atoms with van der Waals surface area (Å²) in [5.41, 5.74) is 5.79. The van der Waals surface area contributed by atoms with Gasteiger partial charge in [0.05, 0.1) is 0 Å². The molecular formula is C11H18N6OS. The van der Waals surface area contributed by atoms with Crippen LogP contribution in [-0.2, 0) is 10.8 Å². The van der Waals surface area contributed by atoms with Crippen LogP contribution in [0.4, 0.5) is 17.8 Å². The second-order valence-corrected chi connectivity index (χ2v) is 6.52. The Morgan fingerprint density at radius 1 is 0.895 bits per heavy atom. The van der Waals surface area contributed by atoms with Gasteiger partial charge in [-0.3, -0.25) is 4.21 Å². The maximum atomic E-state index is 11.4. The van der Waals surface area contributed by atoms with Crippen molar-refractivity contribution in [2.24, 2.45) is 0 Å². The Morgan fingerprint density at radius 3 is 2.00 bits per heavy atom. The van der Waals surface area contributed by atoms with Crippen molar-refractivity contribution in [3.8, 4) is 0 Å². The first-order valence-corrected chi connectivity index (χ1v) is 8.07. The highest BCUT2D eigenvalue weighted by atomic mass is 32.2. The Hall–Kier alpha value is -1.44. The predicted molar refractivity (Wildman–Crippen MR) is 75.8 cm³/mol. The summed E-state index contributed by atoms with van der Waals surface area (Å²) in [6.07, 6.45) is 2.34. The van der Waals surface area contributed by atoms with E-state index in [-0.39, 0.29) is 5.95 Å². The summed E-state index contributed by atoms with van der Waals surface area (Å²) in [6.45, 7) is 3.39. The first-order valence-electron chi connectivity index (χ1n) is 6.59. The van der Waals surface area contributed by atoms with Gasteiger partial charge in [0, 0.05) is 48.5 Å². The number of hydrogen-bond donors (Lipinski definition) is 1. The number of nitrogen functional groups attached to an aromatic ring is 1. The lowest BCUT2D eigenvalue weighted by Crippen LogP contribution is -2.39. The van der Waals surface area contributed by atoms with E-state index in [9.17, 15) is 4.21 Å². The molecule has 0 saturated carbocycles. The topological polar surface area (TPSA) is 88.2 Å². The van der Waals surface area contributed by atoms with E-state index in [0.717, 1.165) is 26.2 Å². The molecule has 0 aromatic carbocycles. The second kappa shape index (κ2) is 5.28. The Bertz CT molecular complexity index is 480. The minimum atomic E-state index is -0.702. The highest BCUT2D eigenvalue weighted by Crippen LogP contribution is 2.20. The van der Waals surface area contributed by atoms with Crippen molar-refractivity contribution in [1.29, 1.82) is 0 Å². The average Bonchev–Trinajstić information content (AvgIpc) is 2.93. The SMILES string of the molecule is Nc1nc(N2CCCC2)nc(N2CCS(=O)CC2)n1. The van der Waals surface area contributed by atoms with Crippen molar-refractivity contribution in [3.05, 3.63) is 0 Å². The molecule has 0 atom stereocenters. The van der Waals surface area contributed by atoms with Gasteiger partial charge < -0.3 is 15.5 Å². The van der Waals surface area contributed by atoms with E-state index >= 15 is 0 Å². The molecule has 1 aromatic heterocycles. The van der Waals surface area contributed by atoms with Crippen molar-refractivity contribution in [1.82, 2.24) is 15.0 Å². The van der Waals surface area contributed by atoms with Gasteiger partial charge in [0.1, 0.15) is 0 Å². The molecular weight excluding hydrogens is 264 g/mol. The normalized spacial score (nSPS) is 21.1. The van der Waals surface area contributed by atoms with Crippen molar-refractivity contribution in [2.75, 3.05) is 53.2 Å². The smallest absolute Gasteiger partial charge is 0.232 e. The lowest BCUT2D eigenvalue weighted by atomic mass is 10.4. The van der Waals surface area contributed by atoms with Crippen LogP contribution in [-0.4, -0.2) is 56.8 Å². The first-order chi connectivity index (χ1) is 9.22. The van der Waals surface area contributed by atoms with Gasteiger partial charge in [0.25, 0.3) is 0 Å². The lowest BCUT2D eigenvalue weighted by Gasteiger charge is -2.27. The highest BCUT2D eigenvalue weighted by Gasteiger charge is 2.21. The minimum Gasteiger partial charge on any atom is -0.368 e. The van der Waals surface area contributed by atoms with Gasteiger partial charge in [-0.25, -0.2) is 0 Å². The zero-order valence-corrected chi connectivity index (χ0v) is 11.6. The standard InChI is InChI=1S/C11H18N6OS/c12-9-13-10(16-3-1-2-4-16)15-11(14-9)17-5-7-19(18)8-6-17/h1-8H2,(H2,12,13,14,15). The fourth-order valence-corrected chi connectivity index (χ4v) is 3.46. The van der Waals surface area contributed by atoms with E-state index in [1.54, 1.807) is 0 Å².